The molecule has 0 bridgehead atoms. The Morgan fingerprint density at radius 1 is 1.25 bits per heavy atom. The van der Waals surface area contributed by atoms with E-state index in [1.165, 1.54) is 4.68 Å². The SMILES string of the molecule is CCOC(=O)c1nn(C(C)C)c2c1CN(C(=O)OC(C)(C)C)C[C@@H]2C(F)(F)F. The number of amides is 1. The average molecular weight is 405 g/mol. The standard InChI is InChI=1S/C18H26F3N3O4/c1-7-27-15(25)13-11-8-23(16(26)28-17(4,5)6)9-12(18(19,20)21)14(11)24(22-13)10(2)3/h10,12H,7-9H2,1-6H3/t12-/m0/s1. The van der Waals surface area contributed by atoms with Crippen LogP contribution in [0.4, 0.5) is 18.0 Å². The number of carbonyl (C=O) groups excluding carboxylic acids is 2. The first kappa shape index (κ1) is 22.0. The molecule has 0 saturated heterocycles. The van der Waals surface area contributed by atoms with Gasteiger partial charge in [-0.15, -0.1) is 0 Å². The average Bonchev–Trinajstić information content (AvgIpc) is 2.91. The van der Waals surface area contributed by atoms with Crippen molar-refractivity contribution < 1.29 is 32.2 Å². The molecule has 10 heteroatoms. The maximum absolute atomic E-state index is 13.9. The summed E-state index contributed by atoms with van der Waals surface area (Å²) in [6.45, 7) is 9.07. The van der Waals surface area contributed by atoms with E-state index in [4.69, 9.17) is 9.47 Å². The Hall–Kier alpha value is -2.26. The minimum Gasteiger partial charge on any atom is -0.461 e. The van der Waals surface area contributed by atoms with Gasteiger partial charge in [-0.05, 0) is 41.5 Å². The molecule has 0 aliphatic carbocycles. The van der Waals surface area contributed by atoms with Crippen molar-refractivity contribution in [3.63, 3.8) is 0 Å². The Morgan fingerprint density at radius 2 is 1.86 bits per heavy atom. The van der Waals surface area contributed by atoms with Gasteiger partial charge in [-0.1, -0.05) is 0 Å². The molecule has 2 heterocycles. The van der Waals surface area contributed by atoms with Gasteiger partial charge < -0.3 is 14.4 Å². The van der Waals surface area contributed by atoms with Crippen molar-refractivity contribution in [1.29, 1.82) is 0 Å². The van der Waals surface area contributed by atoms with Crippen LogP contribution in [0.5, 0.6) is 0 Å². The number of hydrogen-bond donors (Lipinski definition) is 0. The molecule has 0 unspecified atom stereocenters. The van der Waals surface area contributed by atoms with E-state index in [0.29, 0.717) is 0 Å². The van der Waals surface area contributed by atoms with Crippen LogP contribution in [0.15, 0.2) is 0 Å². The van der Waals surface area contributed by atoms with Gasteiger partial charge in [-0.25, -0.2) is 9.59 Å². The minimum atomic E-state index is -4.63. The van der Waals surface area contributed by atoms with E-state index in [1.54, 1.807) is 41.5 Å². The van der Waals surface area contributed by atoms with Crippen molar-refractivity contribution >= 4 is 12.1 Å². The zero-order chi connectivity index (χ0) is 21.4. The molecule has 1 amide bonds. The molecule has 7 nitrogen and oxygen atoms in total. The number of carbonyl (C=O) groups is 2. The molecule has 0 spiro atoms. The number of halogens is 3. The molecule has 1 aromatic heterocycles. The minimum absolute atomic E-state index is 0.0478. The van der Waals surface area contributed by atoms with Crippen molar-refractivity contribution in [1.82, 2.24) is 14.7 Å². The number of aromatic nitrogens is 2. The lowest BCUT2D eigenvalue weighted by Crippen LogP contribution is -2.45. The second-order valence-corrected chi connectivity index (χ2v) is 7.93. The van der Waals surface area contributed by atoms with Gasteiger partial charge in [-0.3, -0.25) is 4.68 Å². The van der Waals surface area contributed by atoms with Gasteiger partial charge in [0.1, 0.15) is 11.5 Å². The van der Waals surface area contributed by atoms with Crippen LogP contribution in [0.1, 0.15) is 75.2 Å². The topological polar surface area (TPSA) is 73.7 Å². The summed E-state index contributed by atoms with van der Waals surface area (Å²) in [4.78, 5) is 25.7. The van der Waals surface area contributed by atoms with Crippen LogP contribution in [-0.2, 0) is 16.0 Å². The maximum atomic E-state index is 13.9. The Kier molecular flexibility index (Phi) is 6.01. The van der Waals surface area contributed by atoms with Crippen LogP contribution in [0.25, 0.3) is 0 Å². The Labute approximate surface area is 161 Å². The van der Waals surface area contributed by atoms with E-state index in [2.05, 4.69) is 5.10 Å². The first-order valence-corrected chi connectivity index (χ1v) is 9.09. The number of hydrogen-bond acceptors (Lipinski definition) is 5. The zero-order valence-corrected chi connectivity index (χ0v) is 16.9. The lowest BCUT2D eigenvalue weighted by atomic mass is 9.93. The summed E-state index contributed by atoms with van der Waals surface area (Å²) in [5, 5.41) is 4.11. The molecular weight excluding hydrogens is 379 g/mol. The van der Waals surface area contributed by atoms with Crippen LogP contribution in [0, 0.1) is 0 Å². The summed E-state index contributed by atoms with van der Waals surface area (Å²) in [6, 6.07) is -0.408. The third-order valence-corrected chi connectivity index (χ3v) is 4.14. The Morgan fingerprint density at radius 3 is 2.32 bits per heavy atom. The lowest BCUT2D eigenvalue weighted by Gasteiger charge is -2.35. The van der Waals surface area contributed by atoms with E-state index in [9.17, 15) is 22.8 Å². The van der Waals surface area contributed by atoms with Gasteiger partial charge >= 0.3 is 18.2 Å². The van der Waals surface area contributed by atoms with Crippen LogP contribution < -0.4 is 0 Å². The number of esters is 1. The predicted octanol–water partition coefficient (Wildman–Crippen LogP) is 4.04. The van der Waals surface area contributed by atoms with Crippen molar-refractivity contribution in [2.24, 2.45) is 0 Å². The number of rotatable bonds is 3. The van der Waals surface area contributed by atoms with E-state index < -0.39 is 42.3 Å². The molecule has 1 atom stereocenters. The summed E-state index contributed by atoms with van der Waals surface area (Å²) in [5.74, 6) is -2.80. The van der Waals surface area contributed by atoms with Gasteiger partial charge in [0.25, 0.3) is 0 Å². The van der Waals surface area contributed by atoms with E-state index in [1.807, 2.05) is 0 Å². The molecule has 0 fully saturated rings. The van der Waals surface area contributed by atoms with Crippen LogP contribution in [-0.4, -0.2) is 51.7 Å². The predicted molar refractivity (Wildman–Crippen MR) is 94.0 cm³/mol. The fourth-order valence-corrected chi connectivity index (χ4v) is 3.05. The van der Waals surface area contributed by atoms with Crippen LogP contribution in [0.2, 0.25) is 0 Å². The van der Waals surface area contributed by atoms with E-state index in [-0.39, 0.29) is 30.1 Å². The summed E-state index contributed by atoms with van der Waals surface area (Å²) in [7, 11) is 0. The van der Waals surface area contributed by atoms with Gasteiger partial charge in [-0.2, -0.15) is 18.3 Å². The molecule has 0 aromatic carbocycles. The first-order chi connectivity index (χ1) is 12.8. The summed E-state index contributed by atoms with van der Waals surface area (Å²) < 4.78 is 53.0. The Bertz CT molecular complexity index is 750. The second kappa shape index (κ2) is 7.63. The molecule has 1 aromatic rings. The zero-order valence-electron chi connectivity index (χ0n) is 16.9. The highest BCUT2D eigenvalue weighted by molar-refractivity contribution is 5.89. The smallest absolute Gasteiger partial charge is 0.410 e. The molecule has 1 aliphatic heterocycles. The van der Waals surface area contributed by atoms with E-state index in [0.717, 1.165) is 4.90 Å². The monoisotopic (exact) mass is 405 g/mol. The molecular formula is C18H26F3N3O4. The molecule has 158 valence electrons. The molecule has 0 saturated carbocycles. The third kappa shape index (κ3) is 4.59. The fourth-order valence-electron chi connectivity index (χ4n) is 3.05. The molecule has 28 heavy (non-hydrogen) atoms. The summed E-state index contributed by atoms with van der Waals surface area (Å²) in [5.41, 5.74) is -1.12. The number of alkyl halides is 3. The second-order valence-electron chi connectivity index (χ2n) is 7.93. The normalized spacial score (nSPS) is 17.5. The van der Waals surface area contributed by atoms with Crippen molar-refractivity contribution in [3.8, 4) is 0 Å². The van der Waals surface area contributed by atoms with Crippen molar-refractivity contribution in [2.45, 2.75) is 71.8 Å². The fraction of sp³-hybridized carbons (Fsp3) is 0.722. The van der Waals surface area contributed by atoms with Gasteiger partial charge in [0.15, 0.2) is 5.69 Å². The molecule has 0 radical (unpaired) electrons. The number of ether oxygens (including phenoxy) is 2. The van der Waals surface area contributed by atoms with Crippen molar-refractivity contribution in [2.75, 3.05) is 13.2 Å². The largest absolute Gasteiger partial charge is 0.461 e. The van der Waals surface area contributed by atoms with Crippen LogP contribution in [0.3, 0.4) is 0 Å². The van der Waals surface area contributed by atoms with Gasteiger partial charge in [0.05, 0.1) is 18.8 Å². The number of fused-ring (bicyclic) bond motifs is 1. The highest BCUT2D eigenvalue weighted by Crippen LogP contribution is 2.42. The Balaban J connectivity index is 2.58. The highest BCUT2D eigenvalue weighted by Gasteiger charge is 2.50. The quantitative estimate of drug-likeness (QED) is 0.710. The maximum Gasteiger partial charge on any atom is 0.410 e. The molecule has 1 aliphatic rings. The van der Waals surface area contributed by atoms with Gasteiger partial charge in [0, 0.05) is 18.2 Å². The van der Waals surface area contributed by atoms with Crippen LogP contribution >= 0.6 is 0 Å². The number of nitrogens with zero attached hydrogens (tertiary/aromatic N) is 3. The summed E-state index contributed by atoms with van der Waals surface area (Å²) in [6.07, 6.45) is -5.51. The molecule has 2 rings (SSSR count). The highest BCUT2D eigenvalue weighted by atomic mass is 19.4. The van der Waals surface area contributed by atoms with Crippen molar-refractivity contribution in [3.05, 3.63) is 17.0 Å². The van der Waals surface area contributed by atoms with Gasteiger partial charge in [0.2, 0.25) is 0 Å². The summed E-state index contributed by atoms with van der Waals surface area (Å²) >= 11 is 0. The molecule has 0 N–H and O–H groups in total. The van der Waals surface area contributed by atoms with E-state index >= 15 is 0 Å². The first-order valence-electron chi connectivity index (χ1n) is 9.09. The third-order valence-electron chi connectivity index (χ3n) is 4.14. The lowest BCUT2D eigenvalue weighted by molar-refractivity contribution is -0.158.